The van der Waals surface area contributed by atoms with E-state index >= 15 is 0 Å². The van der Waals surface area contributed by atoms with Gasteiger partial charge >= 0.3 is 0 Å². The molecule has 0 spiro atoms. The van der Waals surface area contributed by atoms with Crippen molar-refractivity contribution >= 4 is 17.7 Å². The molecule has 1 aliphatic rings. The van der Waals surface area contributed by atoms with Crippen LogP contribution < -0.4 is 5.32 Å². The van der Waals surface area contributed by atoms with Crippen LogP contribution in [0.2, 0.25) is 0 Å². The molecule has 1 N–H and O–H groups in total. The maximum absolute atomic E-state index is 11.2. The number of amides is 1. The molecule has 1 rings (SSSR count). The number of nitrogens with one attached hydrogen (secondary N) is 1. The van der Waals surface area contributed by atoms with Crippen LogP contribution in [-0.4, -0.2) is 37.2 Å². The van der Waals surface area contributed by atoms with Crippen molar-refractivity contribution in [2.45, 2.75) is 30.4 Å². The molecule has 0 aromatic heterocycles. The molecule has 0 bridgehead atoms. The number of thioether (sulfide) groups is 1. The molecule has 1 amide bonds. The summed E-state index contributed by atoms with van der Waals surface area (Å²) in [6.45, 7) is 0.959. The predicted molar refractivity (Wildman–Crippen MR) is 59.6 cm³/mol. The highest BCUT2D eigenvalue weighted by atomic mass is 32.2. The average Bonchev–Trinajstić information content (AvgIpc) is 2.65. The summed E-state index contributed by atoms with van der Waals surface area (Å²) in [6.07, 6.45) is 7.17. The number of ether oxygens (including phenoxy) is 1. The standard InChI is InChI=1S/C10H19NO2S/c1-13-7-9(12)11-8-10(14-2)5-3-4-6-10/h3-8H2,1-2H3,(H,11,12). The van der Waals surface area contributed by atoms with Crippen molar-refractivity contribution in [3.05, 3.63) is 0 Å². The molecule has 0 saturated heterocycles. The molecule has 0 atom stereocenters. The number of hydrogen-bond donors (Lipinski definition) is 1. The second kappa shape index (κ2) is 5.61. The van der Waals surface area contributed by atoms with Gasteiger partial charge in [0, 0.05) is 18.4 Å². The molecule has 1 saturated carbocycles. The van der Waals surface area contributed by atoms with Crippen LogP contribution in [-0.2, 0) is 9.53 Å². The zero-order valence-corrected chi connectivity index (χ0v) is 9.78. The third kappa shape index (κ3) is 3.17. The molecule has 1 aliphatic carbocycles. The highest BCUT2D eigenvalue weighted by Crippen LogP contribution is 2.39. The summed E-state index contributed by atoms with van der Waals surface area (Å²) >= 11 is 1.88. The van der Waals surface area contributed by atoms with Gasteiger partial charge in [-0.3, -0.25) is 4.79 Å². The van der Waals surface area contributed by atoms with Crippen molar-refractivity contribution in [3.8, 4) is 0 Å². The Morgan fingerprint density at radius 3 is 2.64 bits per heavy atom. The maximum atomic E-state index is 11.2. The fourth-order valence-electron chi connectivity index (χ4n) is 1.91. The normalized spacial score (nSPS) is 19.6. The van der Waals surface area contributed by atoms with Gasteiger partial charge in [0.15, 0.2) is 0 Å². The summed E-state index contributed by atoms with van der Waals surface area (Å²) < 4.78 is 5.06. The Morgan fingerprint density at radius 2 is 2.14 bits per heavy atom. The van der Waals surface area contributed by atoms with E-state index in [2.05, 4.69) is 11.6 Å². The lowest BCUT2D eigenvalue weighted by Gasteiger charge is -2.26. The Balaban J connectivity index is 2.30. The predicted octanol–water partition coefficient (Wildman–Crippen LogP) is 1.42. The minimum absolute atomic E-state index is 0.00664. The molecule has 0 heterocycles. The molecule has 1 fully saturated rings. The molecule has 3 nitrogen and oxygen atoms in total. The van der Waals surface area contributed by atoms with E-state index in [-0.39, 0.29) is 12.5 Å². The topological polar surface area (TPSA) is 38.3 Å². The molecule has 0 radical (unpaired) electrons. The third-order valence-electron chi connectivity index (χ3n) is 2.83. The Labute approximate surface area is 90.0 Å². The lowest BCUT2D eigenvalue weighted by Crippen LogP contribution is -2.39. The van der Waals surface area contributed by atoms with E-state index in [4.69, 9.17) is 4.74 Å². The largest absolute Gasteiger partial charge is 0.375 e. The summed E-state index contributed by atoms with van der Waals surface area (Å²) in [5, 5.41) is 2.93. The number of methoxy groups -OCH3 is 1. The second-order valence-corrected chi connectivity index (χ2v) is 5.08. The van der Waals surface area contributed by atoms with E-state index in [1.165, 1.54) is 25.7 Å². The number of carbonyl (C=O) groups excluding carboxylic acids is 1. The molecule has 0 aromatic carbocycles. The van der Waals surface area contributed by atoms with Gasteiger partial charge in [-0.1, -0.05) is 12.8 Å². The lowest BCUT2D eigenvalue weighted by atomic mass is 10.1. The minimum Gasteiger partial charge on any atom is -0.375 e. The zero-order valence-electron chi connectivity index (χ0n) is 8.97. The van der Waals surface area contributed by atoms with E-state index in [1.807, 2.05) is 11.8 Å². The molecule has 0 aromatic rings. The Morgan fingerprint density at radius 1 is 1.50 bits per heavy atom. The SMILES string of the molecule is COCC(=O)NCC1(SC)CCCC1. The molecular weight excluding hydrogens is 198 g/mol. The minimum atomic E-state index is -0.00664. The summed E-state index contributed by atoms with van der Waals surface area (Å²) in [5.41, 5.74) is 0. The van der Waals surface area contributed by atoms with Gasteiger partial charge in [0.1, 0.15) is 6.61 Å². The fraction of sp³-hybridized carbons (Fsp3) is 0.900. The van der Waals surface area contributed by atoms with Gasteiger partial charge < -0.3 is 10.1 Å². The van der Waals surface area contributed by atoms with Crippen LogP contribution >= 0.6 is 11.8 Å². The molecular formula is C10H19NO2S. The molecule has 0 unspecified atom stereocenters. The highest BCUT2D eigenvalue weighted by molar-refractivity contribution is 8.00. The van der Waals surface area contributed by atoms with Crippen LogP contribution in [0.4, 0.5) is 0 Å². The first-order chi connectivity index (χ1) is 6.72. The smallest absolute Gasteiger partial charge is 0.246 e. The maximum Gasteiger partial charge on any atom is 0.246 e. The Kier molecular flexibility index (Phi) is 4.75. The summed E-state index contributed by atoms with van der Waals surface area (Å²) in [6, 6.07) is 0. The first-order valence-electron chi connectivity index (χ1n) is 5.03. The quantitative estimate of drug-likeness (QED) is 0.757. The van der Waals surface area contributed by atoms with Crippen molar-refractivity contribution in [2.75, 3.05) is 26.5 Å². The summed E-state index contributed by atoms with van der Waals surface area (Å²) in [4.78, 5) is 11.2. The van der Waals surface area contributed by atoms with Gasteiger partial charge in [0.2, 0.25) is 5.91 Å². The van der Waals surface area contributed by atoms with Gasteiger partial charge in [-0.2, -0.15) is 11.8 Å². The van der Waals surface area contributed by atoms with Crippen LogP contribution in [0.25, 0.3) is 0 Å². The van der Waals surface area contributed by atoms with Crippen LogP contribution in [0.5, 0.6) is 0 Å². The van der Waals surface area contributed by atoms with Crippen molar-refractivity contribution in [3.63, 3.8) is 0 Å². The van der Waals surface area contributed by atoms with Crippen LogP contribution in [0.15, 0.2) is 0 Å². The van der Waals surface area contributed by atoms with Gasteiger partial charge in [0.25, 0.3) is 0 Å². The number of hydrogen-bond acceptors (Lipinski definition) is 3. The monoisotopic (exact) mass is 217 g/mol. The Hall–Kier alpha value is -0.220. The fourth-order valence-corrected chi connectivity index (χ4v) is 2.83. The highest BCUT2D eigenvalue weighted by Gasteiger charge is 2.32. The Bertz CT molecular complexity index is 191. The second-order valence-electron chi connectivity index (χ2n) is 3.80. The van der Waals surface area contributed by atoms with E-state index in [9.17, 15) is 4.79 Å². The number of carbonyl (C=O) groups is 1. The van der Waals surface area contributed by atoms with Gasteiger partial charge in [0.05, 0.1) is 0 Å². The van der Waals surface area contributed by atoms with Gasteiger partial charge in [-0.15, -0.1) is 0 Å². The van der Waals surface area contributed by atoms with Crippen LogP contribution in [0.3, 0.4) is 0 Å². The van der Waals surface area contributed by atoms with Crippen molar-refractivity contribution in [1.29, 1.82) is 0 Å². The van der Waals surface area contributed by atoms with Gasteiger partial charge in [-0.25, -0.2) is 0 Å². The van der Waals surface area contributed by atoms with Crippen molar-refractivity contribution < 1.29 is 9.53 Å². The molecule has 82 valence electrons. The van der Waals surface area contributed by atoms with E-state index in [0.717, 1.165) is 6.54 Å². The van der Waals surface area contributed by atoms with Crippen LogP contribution in [0, 0.1) is 0 Å². The van der Waals surface area contributed by atoms with Crippen LogP contribution in [0.1, 0.15) is 25.7 Å². The molecule has 4 heteroatoms. The summed E-state index contributed by atoms with van der Waals surface area (Å²) in [7, 11) is 1.54. The molecule has 14 heavy (non-hydrogen) atoms. The van der Waals surface area contributed by atoms with Crippen molar-refractivity contribution in [1.82, 2.24) is 5.32 Å². The first-order valence-corrected chi connectivity index (χ1v) is 6.26. The van der Waals surface area contributed by atoms with E-state index in [0.29, 0.717) is 4.75 Å². The first kappa shape index (κ1) is 11.9. The average molecular weight is 217 g/mol. The molecule has 0 aliphatic heterocycles. The number of rotatable bonds is 5. The van der Waals surface area contributed by atoms with E-state index < -0.39 is 0 Å². The van der Waals surface area contributed by atoms with Crippen molar-refractivity contribution in [2.24, 2.45) is 0 Å². The third-order valence-corrected chi connectivity index (χ3v) is 4.25. The zero-order chi connectivity index (χ0) is 10.4. The van der Waals surface area contributed by atoms with Gasteiger partial charge in [-0.05, 0) is 19.1 Å². The lowest BCUT2D eigenvalue weighted by molar-refractivity contribution is -0.124. The summed E-state index contributed by atoms with van der Waals surface area (Å²) in [5.74, 6) is -0.00664. The van der Waals surface area contributed by atoms with E-state index in [1.54, 1.807) is 7.11 Å².